The molecule has 1 unspecified atom stereocenters. The van der Waals surface area contributed by atoms with Crippen LogP contribution in [0.5, 0.6) is 5.75 Å². The van der Waals surface area contributed by atoms with Gasteiger partial charge in [-0.2, -0.15) is 0 Å². The summed E-state index contributed by atoms with van der Waals surface area (Å²) in [5, 5.41) is 2.92. The Morgan fingerprint density at radius 1 is 1.16 bits per heavy atom. The Kier molecular flexibility index (Phi) is 6.07. The van der Waals surface area contributed by atoms with E-state index < -0.39 is 6.10 Å². The lowest BCUT2D eigenvalue weighted by atomic mass is 9.87. The van der Waals surface area contributed by atoms with Gasteiger partial charge in [0, 0.05) is 12.2 Å². The molecule has 0 spiro atoms. The zero-order valence-corrected chi connectivity index (χ0v) is 15.5. The first-order chi connectivity index (χ1) is 11.8. The molecular formula is C21H28N2O2. The van der Waals surface area contributed by atoms with E-state index in [9.17, 15) is 4.79 Å². The van der Waals surface area contributed by atoms with E-state index in [1.54, 1.807) is 6.92 Å². The first-order valence-electron chi connectivity index (χ1n) is 8.65. The van der Waals surface area contributed by atoms with E-state index in [0.29, 0.717) is 12.3 Å². The van der Waals surface area contributed by atoms with Crippen LogP contribution in [0.15, 0.2) is 48.5 Å². The van der Waals surface area contributed by atoms with Crippen LogP contribution in [0.25, 0.3) is 0 Å². The average molecular weight is 340 g/mol. The molecule has 3 N–H and O–H groups in total. The number of anilines is 1. The van der Waals surface area contributed by atoms with Gasteiger partial charge in [-0.1, -0.05) is 45.0 Å². The van der Waals surface area contributed by atoms with Gasteiger partial charge in [-0.25, -0.2) is 0 Å². The molecule has 4 nitrogen and oxygen atoms in total. The number of carbonyl (C=O) groups is 1. The molecule has 0 heterocycles. The maximum Gasteiger partial charge on any atom is 0.260 e. The lowest BCUT2D eigenvalue weighted by molar-refractivity contribution is -0.127. The standard InChI is InChI=1S/C21H28N2O2/c1-15(25-19-7-5-6-17(14-19)21(2,3)4)20(24)23-13-12-16-8-10-18(22)11-9-16/h5-11,14-15H,12-13,22H2,1-4H3,(H,23,24). The molecule has 0 radical (unpaired) electrons. The number of ether oxygens (including phenoxy) is 1. The van der Waals surface area contributed by atoms with Gasteiger partial charge in [0.15, 0.2) is 6.10 Å². The van der Waals surface area contributed by atoms with E-state index in [1.807, 2.05) is 42.5 Å². The minimum Gasteiger partial charge on any atom is -0.481 e. The number of nitrogen functional groups attached to an aromatic ring is 1. The highest BCUT2D eigenvalue weighted by Crippen LogP contribution is 2.26. The van der Waals surface area contributed by atoms with Crippen molar-refractivity contribution >= 4 is 11.6 Å². The summed E-state index contributed by atoms with van der Waals surface area (Å²) in [4.78, 5) is 12.2. The van der Waals surface area contributed by atoms with E-state index in [1.165, 1.54) is 5.56 Å². The lowest BCUT2D eigenvalue weighted by Crippen LogP contribution is -2.37. The van der Waals surface area contributed by atoms with Crippen LogP contribution >= 0.6 is 0 Å². The monoisotopic (exact) mass is 340 g/mol. The number of rotatable bonds is 6. The molecule has 134 valence electrons. The normalized spacial score (nSPS) is 12.5. The molecule has 0 aliphatic carbocycles. The van der Waals surface area contributed by atoms with Crippen molar-refractivity contribution in [1.29, 1.82) is 0 Å². The Morgan fingerprint density at radius 2 is 1.84 bits per heavy atom. The molecule has 2 aromatic carbocycles. The van der Waals surface area contributed by atoms with Gasteiger partial charge in [-0.3, -0.25) is 4.79 Å². The zero-order chi connectivity index (χ0) is 18.4. The minimum absolute atomic E-state index is 0.0456. The van der Waals surface area contributed by atoms with Crippen molar-refractivity contribution in [2.24, 2.45) is 0 Å². The number of benzene rings is 2. The number of hydrogen-bond donors (Lipinski definition) is 2. The number of carbonyl (C=O) groups excluding carboxylic acids is 1. The van der Waals surface area contributed by atoms with Gasteiger partial charge in [-0.05, 0) is 54.2 Å². The number of nitrogens with two attached hydrogens (primary N) is 1. The first kappa shape index (κ1) is 18.8. The van der Waals surface area contributed by atoms with Gasteiger partial charge in [0.05, 0.1) is 0 Å². The zero-order valence-electron chi connectivity index (χ0n) is 15.5. The van der Waals surface area contributed by atoms with Crippen molar-refractivity contribution in [3.63, 3.8) is 0 Å². The second-order valence-electron chi connectivity index (χ2n) is 7.32. The smallest absolute Gasteiger partial charge is 0.260 e. The van der Waals surface area contributed by atoms with E-state index in [4.69, 9.17) is 10.5 Å². The molecule has 2 aromatic rings. The Bertz CT molecular complexity index is 703. The second kappa shape index (κ2) is 8.06. The van der Waals surface area contributed by atoms with E-state index in [0.717, 1.165) is 17.7 Å². The largest absolute Gasteiger partial charge is 0.481 e. The molecule has 0 aliphatic heterocycles. The highest BCUT2D eigenvalue weighted by Gasteiger charge is 2.17. The van der Waals surface area contributed by atoms with Crippen molar-refractivity contribution in [2.75, 3.05) is 12.3 Å². The summed E-state index contributed by atoms with van der Waals surface area (Å²) in [7, 11) is 0. The molecule has 2 rings (SSSR count). The summed E-state index contributed by atoms with van der Waals surface area (Å²) in [5.41, 5.74) is 8.78. The molecule has 4 heteroatoms. The lowest BCUT2D eigenvalue weighted by Gasteiger charge is -2.21. The maximum absolute atomic E-state index is 12.2. The predicted octanol–water partition coefficient (Wildman–Crippen LogP) is 3.69. The molecule has 1 amide bonds. The molecule has 0 fully saturated rings. The van der Waals surface area contributed by atoms with E-state index in [-0.39, 0.29) is 11.3 Å². The van der Waals surface area contributed by atoms with E-state index in [2.05, 4.69) is 32.2 Å². The summed E-state index contributed by atoms with van der Waals surface area (Å²) in [5.74, 6) is 0.602. The van der Waals surface area contributed by atoms with Crippen molar-refractivity contribution < 1.29 is 9.53 Å². The molecule has 25 heavy (non-hydrogen) atoms. The van der Waals surface area contributed by atoms with Crippen molar-refractivity contribution in [3.05, 3.63) is 59.7 Å². The van der Waals surface area contributed by atoms with Crippen LogP contribution in [0.4, 0.5) is 5.69 Å². The second-order valence-corrected chi connectivity index (χ2v) is 7.32. The highest BCUT2D eigenvalue weighted by atomic mass is 16.5. The van der Waals surface area contributed by atoms with Gasteiger partial charge in [0.2, 0.25) is 0 Å². The molecule has 1 atom stereocenters. The highest BCUT2D eigenvalue weighted by molar-refractivity contribution is 5.80. The summed E-state index contributed by atoms with van der Waals surface area (Å²) < 4.78 is 5.80. The Morgan fingerprint density at radius 3 is 2.48 bits per heavy atom. The Balaban J connectivity index is 1.85. The maximum atomic E-state index is 12.2. The van der Waals surface area contributed by atoms with Gasteiger partial charge in [0.1, 0.15) is 5.75 Å². The number of nitrogens with one attached hydrogen (secondary N) is 1. The van der Waals surface area contributed by atoms with Crippen LogP contribution in [0.1, 0.15) is 38.8 Å². The van der Waals surface area contributed by atoms with E-state index >= 15 is 0 Å². The Labute approximate surface area is 150 Å². The number of hydrogen-bond acceptors (Lipinski definition) is 3. The topological polar surface area (TPSA) is 64.3 Å². The molecular weight excluding hydrogens is 312 g/mol. The quantitative estimate of drug-likeness (QED) is 0.788. The number of amides is 1. The summed E-state index contributed by atoms with van der Waals surface area (Å²) in [6, 6.07) is 15.6. The molecule has 0 bridgehead atoms. The first-order valence-corrected chi connectivity index (χ1v) is 8.65. The molecule has 0 aliphatic rings. The third-order valence-electron chi connectivity index (χ3n) is 4.07. The van der Waals surface area contributed by atoms with Crippen LogP contribution in [-0.4, -0.2) is 18.6 Å². The third-order valence-corrected chi connectivity index (χ3v) is 4.07. The third kappa shape index (κ3) is 5.82. The molecule has 0 saturated carbocycles. The van der Waals surface area contributed by atoms with Crippen LogP contribution in [0.2, 0.25) is 0 Å². The predicted molar refractivity (Wildman–Crippen MR) is 103 cm³/mol. The van der Waals surface area contributed by atoms with Crippen LogP contribution < -0.4 is 15.8 Å². The summed E-state index contributed by atoms with van der Waals surface area (Å²) in [6.45, 7) is 8.79. The van der Waals surface area contributed by atoms with Gasteiger partial charge in [0.25, 0.3) is 5.91 Å². The van der Waals surface area contributed by atoms with Crippen molar-refractivity contribution in [2.45, 2.75) is 45.6 Å². The minimum atomic E-state index is -0.540. The van der Waals surface area contributed by atoms with Crippen LogP contribution in [0.3, 0.4) is 0 Å². The van der Waals surface area contributed by atoms with Crippen LogP contribution in [-0.2, 0) is 16.6 Å². The molecule has 0 aromatic heterocycles. The Hall–Kier alpha value is -2.49. The fraction of sp³-hybridized carbons (Fsp3) is 0.381. The fourth-order valence-corrected chi connectivity index (χ4v) is 2.45. The average Bonchev–Trinajstić information content (AvgIpc) is 2.56. The van der Waals surface area contributed by atoms with Gasteiger partial charge < -0.3 is 15.8 Å². The van der Waals surface area contributed by atoms with Gasteiger partial charge >= 0.3 is 0 Å². The van der Waals surface area contributed by atoms with Crippen molar-refractivity contribution in [1.82, 2.24) is 5.32 Å². The fourth-order valence-electron chi connectivity index (χ4n) is 2.45. The molecule has 0 saturated heterocycles. The van der Waals surface area contributed by atoms with Crippen molar-refractivity contribution in [3.8, 4) is 5.75 Å². The summed E-state index contributed by atoms with van der Waals surface area (Å²) >= 11 is 0. The SMILES string of the molecule is CC(Oc1cccc(C(C)(C)C)c1)C(=O)NCCc1ccc(N)cc1. The summed E-state index contributed by atoms with van der Waals surface area (Å²) in [6.07, 6.45) is 0.222. The van der Waals surface area contributed by atoms with Gasteiger partial charge in [-0.15, -0.1) is 0 Å². The van der Waals surface area contributed by atoms with Crippen LogP contribution in [0, 0.1) is 0 Å².